The zero-order chi connectivity index (χ0) is 40.4. The number of rotatable bonds is 24. The molecule has 304 valence electrons. The molecular formula is C38H64N8O8. The molecule has 0 unspecified atom stereocenters. The van der Waals surface area contributed by atoms with Crippen molar-refractivity contribution in [2.24, 2.45) is 23.1 Å². The number of likely N-dealkylation sites (tertiary alicyclic amines) is 1. The van der Waals surface area contributed by atoms with E-state index in [0.717, 1.165) is 0 Å². The Morgan fingerprint density at radius 2 is 1.52 bits per heavy atom. The molecule has 0 aromatic heterocycles. The number of carboxylic acid groups (broad SMARTS) is 1. The summed E-state index contributed by atoms with van der Waals surface area (Å²) in [7, 11) is 0. The maximum absolute atomic E-state index is 14.4. The quantitative estimate of drug-likeness (QED) is 0.0681. The van der Waals surface area contributed by atoms with Gasteiger partial charge in [0.25, 0.3) is 0 Å². The van der Waals surface area contributed by atoms with E-state index in [4.69, 9.17) is 17.2 Å². The van der Waals surface area contributed by atoms with Crippen LogP contribution in [0.5, 0.6) is 5.75 Å². The number of amides is 5. The van der Waals surface area contributed by atoms with Gasteiger partial charge in [0.05, 0.1) is 12.6 Å². The third kappa shape index (κ3) is 14.9. The molecule has 0 aliphatic carbocycles. The van der Waals surface area contributed by atoms with Gasteiger partial charge in [0, 0.05) is 19.0 Å². The van der Waals surface area contributed by atoms with Crippen LogP contribution in [-0.4, -0.2) is 118 Å². The lowest BCUT2D eigenvalue weighted by Gasteiger charge is -2.34. The van der Waals surface area contributed by atoms with Crippen LogP contribution in [0.2, 0.25) is 0 Å². The van der Waals surface area contributed by atoms with Crippen molar-refractivity contribution in [3.8, 4) is 5.75 Å². The van der Waals surface area contributed by atoms with Crippen molar-refractivity contribution in [1.29, 1.82) is 0 Å². The lowest BCUT2D eigenvalue weighted by atomic mass is 10.0. The molecule has 2 rings (SSSR count). The second kappa shape index (κ2) is 23.5. The lowest BCUT2D eigenvalue weighted by Crippen LogP contribution is -2.59. The average molecular weight is 761 g/mol. The van der Waals surface area contributed by atoms with Gasteiger partial charge < -0.3 is 53.2 Å². The summed E-state index contributed by atoms with van der Waals surface area (Å²) >= 11 is 0. The van der Waals surface area contributed by atoms with Crippen molar-refractivity contribution in [1.82, 2.24) is 25.8 Å². The summed E-state index contributed by atoms with van der Waals surface area (Å²) in [6, 6.07) is 0.675. The van der Waals surface area contributed by atoms with Gasteiger partial charge in [0.15, 0.2) is 0 Å². The van der Waals surface area contributed by atoms with Crippen LogP contribution < -0.4 is 33.2 Å². The van der Waals surface area contributed by atoms with Gasteiger partial charge in [0.1, 0.15) is 29.9 Å². The first-order chi connectivity index (χ1) is 25.6. The van der Waals surface area contributed by atoms with Crippen molar-refractivity contribution in [3.63, 3.8) is 0 Å². The molecule has 1 heterocycles. The Morgan fingerprint density at radius 3 is 2.09 bits per heavy atom. The van der Waals surface area contributed by atoms with E-state index in [-0.39, 0.29) is 31.1 Å². The van der Waals surface area contributed by atoms with Crippen LogP contribution in [0.3, 0.4) is 0 Å². The normalized spacial score (nSPS) is 16.9. The molecule has 16 heteroatoms. The van der Waals surface area contributed by atoms with E-state index in [1.807, 2.05) is 20.8 Å². The molecule has 5 amide bonds. The minimum absolute atomic E-state index is 0.00495. The summed E-state index contributed by atoms with van der Waals surface area (Å²) in [6.45, 7) is 7.99. The van der Waals surface area contributed by atoms with E-state index in [1.54, 1.807) is 19.1 Å². The molecule has 0 saturated carbocycles. The van der Waals surface area contributed by atoms with E-state index in [1.165, 1.54) is 21.9 Å². The molecule has 0 radical (unpaired) electrons. The Bertz CT molecular complexity index is 1380. The fourth-order valence-corrected chi connectivity index (χ4v) is 6.47. The number of unbranched alkanes of at least 4 members (excludes halogenated alkanes) is 2. The number of aliphatic carboxylic acids is 1. The van der Waals surface area contributed by atoms with Crippen LogP contribution in [0.15, 0.2) is 24.3 Å². The maximum atomic E-state index is 14.4. The number of hydrogen-bond donors (Lipinski definition) is 8. The summed E-state index contributed by atoms with van der Waals surface area (Å²) in [5.74, 6) is -3.86. The van der Waals surface area contributed by atoms with Gasteiger partial charge in [-0.3, -0.25) is 24.0 Å². The molecule has 1 aliphatic rings. The summed E-state index contributed by atoms with van der Waals surface area (Å²) < 4.78 is 0. The molecule has 1 aromatic carbocycles. The van der Waals surface area contributed by atoms with Gasteiger partial charge in [-0.25, -0.2) is 4.79 Å². The van der Waals surface area contributed by atoms with Gasteiger partial charge in [-0.05, 0) is 101 Å². The number of carbonyl (C=O) groups excluding carboxylic acids is 5. The molecule has 54 heavy (non-hydrogen) atoms. The van der Waals surface area contributed by atoms with Crippen LogP contribution in [0.1, 0.15) is 97.5 Å². The predicted molar refractivity (Wildman–Crippen MR) is 205 cm³/mol. The zero-order valence-corrected chi connectivity index (χ0v) is 32.4. The summed E-state index contributed by atoms with van der Waals surface area (Å²) in [4.78, 5) is 83.3. The smallest absolute Gasteiger partial charge is 0.326 e. The van der Waals surface area contributed by atoms with E-state index in [0.29, 0.717) is 76.4 Å². The summed E-state index contributed by atoms with van der Waals surface area (Å²) in [5, 5.41) is 27.7. The molecule has 6 atom stereocenters. The Balaban J connectivity index is 2.36. The number of aromatic hydroxyl groups is 1. The Morgan fingerprint density at radius 1 is 0.889 bits per heavy atom. The SMILES string of the molecule is CC[C@H](C)N(CC(=O)N[C@@H](CC(C)C)C(=O)O)C(=O)[C@H](Cc1ccc(O)cc1)NC(=O)[C@@H]1CCCN1C(=O)[C@H](CCCCN)NC(=O)[C@@H](N)CCCCN. The molecule has 1 aliphatic heterocycles. The highest BCUT2D eigenvalue weighted by Gasteiger charge is 2.40. The number of phenolic OH excluding ortho intramolecular Hbond substituents is 1. The lowest BCUT2D eigenvalue weighted by molar-refractivity contribution is -0.145. The first-order valence-corrected chi connectivity index (χ1v) is 19.3. The number of benzene rings is 1. The highest BCUT2D eigenvalue weighted by Crippen LogP contribution is 2.22. The molecule has 16 nitrogen and oxygen atoms in total. The summed E-state index contributed by atoms with van der Waals surface area (Å²) in [5.41, 5.74) is 18.0. The van der Waals surface area contributed by atoms with Crippen molar-refractivity contribution < 1.29 is 39.0 Å². The number of nitrogens with two attached hydrogens (primary N) is 3. The largest absolute Gasteiger partial charge is 0.508 e. The molecule has 1 fully saturated rings. The minimum Gasteiger partial charge on any atom is -0.508 e. The third-order valence-corrected chi connectivity index (χ3v) is 9.76. The number of hydrogen-bond acceptors (Lipinski definition) is 10. The molecule has 11 N–H and O–H groups in total. The highest BCUT2D eigenvalue weighted by molar-refractivity contribution is 5.96. The molecule has 0 bridgehead atoms. The van der Waals surface area contributed by atoms with Crippen molar-refractivity contribution in [3.05, 3.63) is 29.8 Å². The van der Waals surface area contributed by atoms with E-state index >= 15 is 0 Å². The minimum atomic E-state index is -1.18. The van der Waals surface area contributed by atoms with E-state index in [2.05, 4.69) is 16.0 Å². The standard InChI is InChI=1S/C38H64N8O8/c1-5-25(4)46(23-33(48)42-31(38(53)54)21-24(2)3)37(52)30(22-26-14-16-27(47)17-15-26)44-35(50)32-13-10-20-45(32)36(51)29(12-7-9-19-40)43-34(49)28(41)11-6-8-18-39/h14-17,24-25,28-32,47H,5-13,18-23,39-41H2,1-4H3,(H,42,48)(H,43,49)(H,44,50)(H,53,54)/t25-,28-,29-,30-,31-,32-/m0/s1. The number of carbonyl (C=O) groups is 6. The van der Waals surface area contributed by atoms with Crippen molar-refractivity contribution in [2.75, 3.05) is 26.2 Å². The fourth-order valence-electron chi connectivity index (χ4n) is 6.47. The van der Waals surface area contributed by atoms with Crippen LogP contribution in [0.25, 0.3) is 0 Å². The summed E-state index contributed by atoms with van der Waals surface area (Å²) in [6.07, 6.45) is 4.79. The van der Waals surface area contributed by atoms with Crippen LogP contribution in [0, 0.1) is 5.92 Å². The van der Waals surface area contributed by atoms with Crippen LogP contribution in [-0.2, 0) is 35.2 Å². The number of carboxylic acids is 1. The molecule has 1 aromatic rings. The fraction of sp³-hybridized carbons (Fsp3) is 0.684. The average Bonchev–Trinajstić information content (AvgIpc) is 3.63. The number of nitrogens with zero attached hydrogens (tertiary/aromatic N) is 2. The van der Waals surface area contributed by atoms with E-state index in [9.17, 15) is 39.0 Å². The van der Waals surface area contributed by atoms with E-state index < -0.39 is 78.3 Å². The van der Waals surface area contributed by atoms with Gasteiger partial charge in [-0.15, -0.1) is 0 Å². The maximum Gasteiger partial charge on any atom is 0.326 e. The Kier molecular flexibility index (Phi) is 20.0. The highest BCUT2D eigenvalue weighted by atomic mass is 16.4. The molecule has 0 spiro atoms. The second-order valence-electron chi connectivity index (χ2n) is 14.7. The molecule has 1 saturated heterocycles. The first-order valence-electron chi connectivity index (χ1n) is 19.3. The van der Waals surface area contributed by atoms with Crippen LogP contribution >= 0.6 is 0 Å². The Hall–Kier alpha value is -4.28. The number of phenols is 1. The van der Waals surface area contributed by atoms with Crippen LogP contribution in [0.4, 0.5) is 0 Å². The molecular weight excluding hydrogens is 696 g/mol. The van der Waals surface area contributed by atoms with Gasteiger partial charge in [-0.2, -0.15) is 0 Å². The van der Waals surface area contributed by atoms with Gasteiger partial charge in [0.2, 0.25) is 29.5 Å². The van der Waals surface area contributed by atoms with Crippen molar-refractivity contribution >= 4 is 35.5 Å². The third-order valence-electron chi connectivity index (χ3n) is 9.76. The zero-order valence-electron chi connectivity index (χ0n) is 32.4. The van der Waals surface area contributed by atoms with Crippen molar-refractivity contribution in [2.45, 2.75) is 135 Å². The number of nitrogens with one attached hydrogen (secondary N) is 3. The van der Waals surface area contributed by atoms with Gasteiger partial charge >= 0.3 is 5.97 Å². The predicted octanol–water partition coefficient (Wildman–Crippen LogP) is 0.723. The second-order valence-corrected chi connectivity index (χ2v) is 14.7. The topological polar surface area (TPSA) is 264 Å². The monoisotopic (exact) mass is 760 g/mol. The first kappa shape index (κ1) is 45.9. The Labute approximate surface area is 319 Å². The van der Waals surface area contributed by atoms with Gasteiger partial charge in [-0.1, -0.05) is 39.3 Å².